The van der Waals surface area contributed by atoms with Gasteiger partial charge in [0.15, 0.2) is 0 Å². The lowest BCUT2D eigenvalue weighted by atomic mass is 10.00. The van der Waals surface area contributed by atoms with Gasteiger partial charge in [-0.1, -0.05) is 12.2 Å². The van der Waals surface area contributed by atoms with Crippen LogP contribution in [0.15, 0.2) is 53.3 Å². The third kappa shape index (κ3) is 4.61. The molecule has 2 N–H and O–H groups in total. The minimum absolute atomic E-state index is 0.141. The highest BCUT2D eigenvalue weighted by atomic mass is 32.2. The number of H-pyrrole nitrogens is 1. The molecular formula is C29H35N7OS. The number of likely N-dealkylation sites (N-methyl/N-ethyl adjacent to an activating group) is 1. The zero-order chi connectivity index (χ0) is 25.7. The Bertz CT molecular complexity index is 1360. The fourth-order valence-electron chi connectivity index (χ4n) is 6.08. The fraction of sp³-hybridized carbons (Fsp3) is 0.483. The van der Waals surface area contributed by atoms with E-state index < -0.39 is 0 Å². The molecule has 2 aromatic heterocycles. The lowest BCUT2D eigenvalue weighted by Gasteiger charge is -2.36. The van der Waals surface area contributed by atoms with E-state index in [9.17, 15) is 4.79 Å². The van der Waals surface area contributed by atoms with E-state index in [1.807, 2.05) is 17.8 Å². The van der Waals surface area contributed by atoms with Crippen LogP contribution in [0.25, 0.3) is 16.6 Å². The molecule has 2 atom stereocenters. The van der Waals surface area contributed by atoms with Crippen molar-refractivity contribution in [2.75, 3.05) is 58.2 Å². The number of carbonyl (C=O) groups excluding carboxylic acids is 1. The molecule has 5 aliphatic rings. The van der Waals surface area contributed by atoms with Crippen LogP contribution in [0.2, 0.25) is 0 Å². The molecule has 2 unspecified atom stereocenters. The third-order valence-corrected chi connectivity index (χ3v) is 9.66. The number of pyridine rings is 1. The maximum absolute atomic E-state index is 13.5. The number of hydrogen-bond donors (Lipinski definition) is 2. The van der Waals surface area contributed by atoms with Gasteiger partial charge in [-0.05, 0) is 56.2 Å². The van der Waals surface area contributed by atoms with Crippen LogP contribution in [-0.4, -0.2) is 100 Å². The van der Waals surface area contributed by atoms with Gasteiger partial charge >= 0.3 is 0 Å². The van der Waals surface area contributed by atoms with Gasteiger partial charge in [0.1, 0.15) is 5.65 Å². The van der Waals surface area contributed by atoms with Gasteiger partial charge in [0.25, 0.3) is 0 Å². The maximum Gasteiger partial charge on any atom is 0.230 e. The molecule has 8 nitrogen and oxygen atoms in total. The molecule has 198 valence electrons. The van der Waals surface area contributed by atoms with Crippen LogP contribution < -0.4 is 5.32 Å². The van der Waals surface area contributed by atoms with E-state index in [0.717, 1.165) is 86.6 Å². The molecule has 2 fully saturated rings. The van der Waals surface area contributed by atoms with Crippen molar-refractivity contribution in [3.8, 4) is 0 Å². The van der Waals surface area contributed by atoms with Crippen molar-refractivity contribution in [3.63, 3.8) is 0 Å². The SMILES string of the molecule is CN1CCN(CC2(C(=O)N3CC=C(c4cc5c(NC6=CC7SC=NC7C=C6)ccnc5[nH]4)CC3)CC2)CC1. The van der Waals surface area contributed by atoms with E-state index in [0.29, 0.717) is 17.7 Å². The van der Waals surface area contributed by atoms with E-state index in [-0.39, 0.29) is 11.5 Å². The number of nitrogens with zero attached hydrogens (tertiary/aromatic N) is 5. The summed E-state index contributed by atoms with van der Waals surface area (Å²) in [5.41, 5.74) is 7.19. The summed E-state index contributed by atoms with van der Waals surface area (Å²) in [4.78, 5) is 33.1. The van der Waals surface area contributed by atoms with Gasteiger partial charge in [0.05, 0.1) is 27.9 Å². The number of nitrogens with one attached hydrogen (secondary N) is 2. The van der Waals surface area contributed by atoms with Gasteiger partial charge in [-0.25, -0.2) is 4.98 Å². The molecule has 3 aliphatic heterocycles. The number of aromatic nitrogens is 2. The molecular weight excluding hydrogens is 494 g/mol. The molecule has 1 amide bonds. The second kappa shape index (κ2) is 9.70. The number of piperazine rings is 1. The molecule has 1 saturated heterocycles. The fourth-order valence-corrected chi connectivity index (χ4v) is 6.98. The quantitative estimate of drug-likeness (QED) is 0.596. The molecule has 5 heterocycles. The second-order valence-corrected chi connectivity index (χ2v) is 12.4. The first-order chi connectivity index (χ1) is 18.6. The van der Waals surface area contributed by atoms with Crippen LogP contribution in [-0.2, 0) is 4.79 Å². The first kappa shape index (κ1) is 24.2. The number of allylic oxidation sites excluding steroid dienone is 1. The normalized spacial score (nSPS) is 26.8. The Kier molecular flexibility index (Phi) is 6.17. The molecule has 7 rings (SSSR count). The predicted molar refractivity (Wildman–Crippen MR) is 155 cm³/mol. The first-order valence-corrected chi connectivity index (χ1v) is 14.7. The molecule has 0 spiro atoms. The Hall–Kier alpha value is -2.88. The molecule has 9 heteroatoms. The summed E-state index contributed by atoms with van der Waals surface area (Å²) in [7, 11) is 2.18. The topological polar surface area (TPSA) is 79.9 Å². The van der Waals surface area contributed by atoms with Gasteiger partial charge in [0, 0.05) is 68.8 Å². The van der Waals surface area contributed by atoms with Crippen molar-refractivity contribution >= 4 is 45.5 Å². The van der Waals surface area contributed by atoms with Gasteiger partial charge in [0.2, 0.25) is 5.91 Å². The summed E-state index contributed by atoms with van der Waals surface area (Å²) in [5, 5.41) is 5.05. The molecule has 0 radical (unpaired) electrons. The van der Waals surface area contributed by atoms with Crippen LogP contribution in [0.3, 0.4) is 0 Å². The van der Waals surface area contributed by atoms with Crippen LogP contribution in [0.5, 0.6) is 0 Å². The molecule has 2 aromatic rings. The minimum atomic E-state index is -0.141. The number of aliphatic imine (C=N–C) groups is 1. The Morgan fingerprint density at radius 3 is 2.89 bits per heavy atom. The number of anilines is 1. The van der Waals surface area contributed by atoms with E-state index in [4.69, 9.17) is 0 Å². The predicted octanol–water partition coefficient (Wildman–Crippen LogP) is 3.58. The molecule has 38 heavy (non-hydrogen) atoms. The number of amides is 1. The summed E-state index contributed by atoms with van der Waals surface area (Å²) >= 11 is 1.77. The van der Waals surface area contributed by atoms with E-state index >= 15 is 0 Å². The largest absolute Gasteiger partial charge is 0.355 e. The van der Waals surface area contributed by atoms with Crippen molar-refractivity contribution in [3.05, 3.63) is 54.0 Å². The summed E-state index contributed by atoms with van der Waals surface area (Å²) in [6.07, 6.45) is 13.6. The standard InChI is InChI=1S/C29H35N7OS/c1-34-12-14-35(15-13-34)18-29(7-8-29)28(37)36-10-5-20(6-11-36)25-17-22-23(4-9-30-27(22)33-25)32-21-2-3-24-26(16-21)38-19-31-24/h2-5,9,16-17,19,24,26H,6-8,10-15,18H2,1H3,(H2,30,32,33). The van der Waals surface area contributed by atoms with E-state index in [2.05, 4.69) is 72.4 Å². The summed E-state index contributed by atoms with van der Waals surface area (Å²) in [6, 6.07) is 4.49. The minimum Gasteiger partial charge on any atom is -0.355 e. The Morgan fingerprint density at radius 2 is 2.11 bits per heavy atom. The van der Waals surface area contributed by atoms with E-state index in [1.54, 1.807) is 11.8 Å². The van der Waals surface area contributed by atoms with E-state index in [1.165, 1.54) is 5.57 Å². The summed E-state index contributed by atoms with van der Waals surface area (Å²) in [6.45, 7) is 6.73. The molecule has 0 bridgehead atoms. The van der Waals surface area contributed by atoms with Crippen molar-refractivity contribution in [2.24, 2.45) is 10.4 Å². The van der Waals surface area contributed by atoms with Crippen molar-refractivity contribution < 1.29 is 4.79 Å². The molecule has 2 aliphatic carbocycles. The number of carbonyl (C=O) groups is 1. The number of hydrogen-bond acceptors (Lipinski definition) is 7. The number of fused-ring (bicyclic) bond motifs is 2. The number of rotatable bonds is 6. The highest BCUT2D eigenvalue weighted by molar-refractivity contribution is 8.13. The van der Waals surface area contributed by atoms with Gasteiger partial charge in [-0.2, -0.15) is 0 Å². The highest BCUT2D eigenvalue weighted by Crippen LogP contribution is 2.48. The average molecular weight is 530 g/mol. The van der Waals surface area contributed by atoms with Crippen molar-refractivity contribution in [2.45, 2.75) is 30.6 Å². The summed E-state index contributed by atoms with van der Waals surface area (Å²) < 4.78 is 0. The second-order valence-electron chi connectivity index (χ2n) is 11.3. The van der Waals surface area contributed by atoms with Crippen LogP contribution in [0, 0.1) is 5.41 Å². The first-order valence-electron chi connectivity index (χ1n) is 13.8. The lowest BCUT2D eigenvalue weighted by Crippen LogP contribution is -2.50. The zero-order valence-corrected chi connectivity index (χ0v) is 22.7. The van der Waals surface area contributed by atoms with Crippen LogP contribution in [0.4, 0.5) is 5.69 Å². The number of thioether (sulfide) groups is 1. The van der Waals surface area contributed by atoms with Crippen molar-refractivity contribution in [1.29, 1.82) is 0 Å². The third-order valence-electron chi connectivity index (χ3n) is 8.69. The highest BCUT2D eigenvalue weighted by Gasteiger charge is 2.52. The number of aromatic amines is 1. The van der Waals surface area contributed by atoms with Crippen LogP contribution >= 0.6 is 11.8 Å². The Balaban J connectivity index is 1.03. The monoisotopic (exact) mass is 529 g/mol. The maximum atomic E-state index is 13.5. The Labute approximate surface area is 227 Å². The van der Waals surface area contributed by atoms with Crippen molar-refractivity contribution in [1.82, 2.24) is 24.7 Å². The van der Waals surface area contributed by atoms with Gasteiger partial charge < -0.3 is 20.1 Å². The Morgan fingerprint density at radius 1 is 1.24 bits per heavy atom. The molecule has 0 aromatic carbocycles. The van der Waals surface area contributed by atoms with Gasteiger partial charge in [-0.15, -0.1) is 11.8 Å². The lowest BCUT2D eigenvalue weighted by molar-refractivity contribution is -0.137. The average Bonchev–Trinajstić information content (AvgIpc) is 3.35. The smallest absolute Gasteiger partial charge is 0.230 e. The molecule has 1 saturated carbocycles. The zero-order valence-electron chi connectivity index (χ0n) is 21.9. The van der Waals surface area contributed by atoms with Crippen LogP contribution in [0.1, 0.15) is 25.0 Å². The van der Waals surface area contributed by atoms with Gasteiger partial charge in [-0.3, -0.25) is 14.7 Å². The summed E-state index contributed by atoms with van der Waals surface area (Å²) in [5.74, 6) is 0.360.